The van der Waals surface area contributed by atoms with Crippen molar-refractivity contribution < 1.29 is 19.4 Å². The van der Waals surface area contributed by atoms with Crippen LogP contribution in [0.25, 0.3) is 0 Å². The third-order valence-electron chi connectivity index (χ3n) is 3.22. The van der Waals surface area contributed by atoms with Gasteiger partial charge in [0, 0.05) is 13.2 Å². The molecule has 98 valence electrons. The second-order valence-corrected chi connectivity index (χ2v) is 4.82. The van der Waals surface area contributed by atoms with Crippen LogP contribution < -0.4 is 5.32 Å². The Kier molecular flexibility index (Phi) is 4.93. The van der Waals surface area contributed by atoms with Crippen LogP contribution >= 0.6 is 0 Å². The summed E-state index contributed by atoms with van der Waals surface area (Å²) in [4.78, 5) is 22.4. The first-order valence-corrected chi connectivity index (χ1v) is 6.11. The van der Waals surface area contributed by atoms with E-state index >= 15 is 0 Å². The Morgan fingerprint density at radius 3 is 2.76 bits per heavy atom. The lowest BCUT2D eigenvalue weighted by atomic mass is 10.0. The molecular weight excluding hydrogens is 222 g/mol. The highest BCUT2D eigenvalue weighted by atomic mass is 16.5. The molecule has 5 nitrogen and oxygen atoms in total. The molecule has 0 aromatic heterocycles. The number of carboxylic acid groups (broad SMARTS) is 1. The Balaban J connectivity index is 2.18. The Morgan fingerprint density at radius 2 is 2.24 bits per heavy atom. The Labute approximate surface area is 102 Å². The van der Waals surface area contributed by atoms with Gasteiger partial charge >= 0.3 is 5.97 Å². The second-order valence-electron chi connectivity index (χ2n) is 4.82. The van der Waals surface area contributed by atoms with Gasteiger partial charge in [-0.15, -0.1) is 0 Å². The molecule has 17 heavy (non-hydrogen) atoms. The van der Waals surface area contributed by atoms with E-state index in [0.29, 0.717) is 26.0 Å². The van der Waals surface area contributed by atoms with Gasteiger partial charge in [-0.1, -0.05) is 6.92 Å². The summed E-state index contributed by atoms with van der Waals surface area (Å²) in [6.07, 6.45) is 2.92. The summed E-state index contributed by atoms with van der Waals surface area (Å²) in [6, 6.07) is 0. The minimum atomic E-state index is -0.789. The topological polar surface area (TPSA) is 75.6 Å². The van der Waals surface area contributed by atoms with Crippen molar-refractivity contribution in [2.24, 2.45) is 5.92 Å². The van der Waals surface area contributed by atoms with E-state index in [2.05, 4.69) is 5.32 Å². The summed E-state index contributed by atoms with van der Waals surface area (Å²) in [6.45, 7) is 4.62. The summed E-state index contributed by atoms with van der Waals surface area (Å²) in [5.74, 6) is -1.23. The van der Waals surface area contributed by atoms with Crippen LogP contribution in [0.1, 0.15) is 39.5 Å². The molecule has 2 unspecified atom stereocenters. The maximum absolute atomic E-state index is 11.8. The van der Waals surface area contributed by atoms with Crippen LogP contribution in [0.2, 0.25) is 0 Å². The van der Waals surface area contributed by atoms with E-state index in [1.807, 2.05) is 0 Å². The average Bonchev–Trinajstić information content (AvgIpc) is 2.72. The van der Waals surface area contributed by atoms with Gasteiger partial charge in [-0.05, 0) is 32.6 Å². The highest BCUT2D eigenvalue weighted by molar-refractivity contribution is 5.84. The van der Waals surface area contributed by atoms with Gasteiger partial charge in [0.25, 0.3) is 5.91 Å². The van der Waals surface area contributed by atoms with Crippen LogP contribution in [-0.2, 0) is 14.3 Å². The fraction of sp³-hybridized carbons (Fsp3) is 0.833. The lowest BCUT2D eigenvalue weighted by Crippen LogP contribution is -2.44. The first-order valence-electron chi connectivity index (χ1n) is 6.11. The molecule has 0 aromatic rings. The summed E-state index contributed by atoms with van der Waals surface area (Å²) in [7, 11) is 0. The summed E-state index contributed by atoms with van der Waals surface area (Å²) in [5.41, 5.74) is -0.682. The van der Waals surface area contributed by atoms with Crippen molar-refractivity contribution in [3.05, 3.63) is 0 Å². The van der Waals surface area contributed by atoms with Gasteiger partial charge in [0.15, 0.2) is 0 Å². The molecule has 1 saturated heterocycles. The van der Waals surface area contributed by atoms with E-state index in [9.17, 15) is 9.59 Å². The summed E-state index contributed by atoms with van der Waals surface area (Å²) in [5, 5.41) is 11.5. The second kappa shape index (κ2) is 6.00. The monoisotopic (exact) mass is 243 g/mol. The van der Waals surface area contributed by atoms with Crippen LogP contribution in [0.3, 0.4) is 0 Å². The number of carbonyl (C=O) groups excluding carboxylic acids is 1. The number of aliphatic carboxylic acids is 1. The first-order chi connectivity index (χ1) is 7.96. The van der Waals surface area contributed by atoms with Crippen LogP contribution in [-0.4, -0.2) is 35.7 Å². The smallest absolute Gasteiger partial charge is 0.306 e. The van der Waals surface area contributed by atoms with Gasteiger partial charge in [-0.25, -0.2) is 0 Å². The van der Waals surface area contributed by atoms with E-state index in [-0.39, 0.29) is 11.8 Å². The molecule has 1 fully saturated rings. The molecule has 0 bridgehead atoms. The van der Waals surface area contributed by atoms with Crippen molar-refractivity contribution in [1.29, 1.82) is 0 Å². The number of carbonyl (C=O) groups is 2. The van der Waals surface area contributed by atoms with Crippen molar-refractivity contribution in [2.45, 2.75) is 45.1 Å². The van der Waals surface area contributed by atoms with Crippen molar-refractivity contribution in [2.75, 3.05) is 13.2 Å². The fourth-order valence-corrected chi connectivity index (χ4v) is 1.88. The number of amides is 1. The lowest BCUT2D eigenvalue weighted by Gasteiger charge is -2.21. The highest BCUT2D eigenvalue weighted by Crippen LogP contribution is 2.24. The predicted octanol–water partition coefficient (Wildman–Crippen LogP) is 1.17. The molecule has 5 heteroatoms. The predicted molar refractivity (Wildman–Crippen MR) is 62.6 cm³/mol. The van der Waals surface area contributed by atoms with Crippen LogP contribution in [0.15, 0.2) is 0 Å². The Morgan fingerprint density at radius 1 is 1.53 bits per heavy atom. The van der Waals surface area contributed by atoms with Crippen molar-refractivity contribution >= 4 is 11.9 Å². The third kappa shape index (κ3) is 4.00. The van der Waals surface area contributed by atoms with Crippen LogP contribution in [0, 0.1) is 5.92 Å². The highest BCUT2D eigenvalue weighted by Gasteiger charge is 2.37. The minimum absolute atomic E-state index is 0.0852. The first kappa shape index (κ1) is 14.0. The number of carboxylic acids is 1. The normalized spacial score (nSPS) is 25.5. The maximum Gasteiger partial charge on any atom is 0.306 e. The third-order valence-corrected chi connectivity index (χ3v) is 3.22. The average molecular weight is 243 g/mol. The molecule has 2 N–H and O–H groups in total. The molecule has 1 heterocycles. The zero-order valence-electron chi connectivity index (χ0n) is 10.5. The van der Waals surface area contributed by atoms with Crippen molar-refractivity contribution in [1.82, 2.24) is 5.32 Å². The Bertz CT molecular complexity index is 284. The summed E-state index contributed by atoms with van der Waals surface area (Å²) < 4.78 is 5.41. The quantitative estimate of drug-likeness (QED) is 0.687. The van der Waals surface area contributed by atoms with Gasteiger partial charge in [0.05, 0.1) is 5.92 Å². The molecule has 0 spiro atoms. The molecule has 1 aliphatic rings. The number of rotatable bonds is 6. The van der Waals surface area contributed by atoms with Gasteiger partial charge in [0.2, 0.25) is 0 Å². The number of hydrogen-bond acceptors (Lipinski definition) is 3. The lowest BCUT2D eigenvalue weighted by molar-refractivity contribution is -0.141. The van der Waals surface area contributed by atoms with E-state index < -0.39 is 11.6 Å². The van der Waals surface area contributed by atoms with Crippen LogP contribution in [0.4, 0.5) is 0 Å². The SMILES string of the molecule is CC(CCCNC(=O)C1(C)CCCO1)C(=O)O. The summed E-state index contributed by atoms with van der Waals surface area (Å²) >= 11 is 0. The van der Waals surface area contributed by atoms with E-state index in [0.717, 1.165) is 12.8 Å². The molecule has 2 atom stereocenters. The fourth-order valence-electron chi connectivity index (χ4n) is 1.88. The van der Waals surface area contributed by atoms with Gasteiger partial charge in [0.1, 0.15) is 5.60 Å². The zero-order valence-corrected chi connectivity index (χ0v) is 10.5. The zero-order chi connectivity index (χ0) is 12.9. The van der Waals surface area contributed by atoms with E-state index in [4.69, 9.17) is 9.84 Å². The van der Waals surface area contributed by atoms with E-state index in [1.165, 1.54) is 0 Å². The Hall–Kier alpha value is -1.10. The van der Waals surface area contributed by atoms with Crippen molar-refractivity contribution in [3.8, 4) is 0 Å². The van der Waals surface area contributed by atoms with Crippen LogP contribution in [0.5, 0.6) is 0 Å². The van der Waals surface area contributed by atoms with E-state index in [1.54, 1.807) is 13.8 Å². The maximum atomic E-state index is 11.8. The number of ether oxygens (including phenoxy) is 1. The molecule has 0 saturated carbocycles. The standard InChI is InChI=1S/C12H21NO4/c1-9(10(14)15)5-3-7-13-11(16)12(2)6-4-8-17-12/h9H,3-8H2,1-2H3,(H,13,16)(H,14,15). The molecule has 1 amide bonds. The molecule has 0 aromatic carbocycles. The van der Waals surface area contributed by atoms with Gasteiger partial charge in [-0.3, -0.25) is 9.59 Å². The molecule has 0 radical (unpaired) electrons. The van der Waals surface area contributed by atoms with Gasteiger partial charge in [-0.2, -0.15) is 0 Å². The van der Waals surface area contributed by atoms with Gasteiger partial charge < -0.3 is 15.2 Å². The largest absolute Gasteiger partial charge is 0.481 e. The molecule has 1 aliphatic heterocycles. The number of nitrogens with one attached hydrogen (secondary N) is 1. The number of hydrogen-bond donors (Lipinski definition) is 2. The molecular formula is C12H21NO4. The minimum Gasteiger partial charge on any atom is -0.481 e. The molecule has 0 aliphatic carbocycles. The molecule has 1 rings (SSSR count). The van der Waals surface area contributed by atoms with Crippen molar-refractivity contribution in [3.63, 3.8) is 0 Å².